The molecule has 2 aromatic heterocycles. The standard InChI is InChI=1S/C29H29NO9S2/c1-8-38-28(33)18-14(3)40-24(22(18)36-6)20-21(25-23(37-7)19(15(4)41-25)29(34)39-9-2)27(32)30(26(20)31)16-10-12-17(35-5)13-11-16/h10-13H,8-9H2,1-7H3. The van der Waals surface area contributed by atoms with Crippen LogP contribution in [0.1, 0.15) is 54.1 Å². The van der Waals surface area contributed by atoms with Crippen molar-refractivity contribution < 1.29 is 42.9 Å². The van der Waals surface area contributed by atoms with E-state index in [0.717, 1.165) is 27.6 Å². The molecule has 2 amide bonds. The lowest BCUT2D eigenvalue weighted by Crippen LogP contribution is -2.31. The first-order chi connectivity index (χ1) is 19.6. The van der Waals surface area contributed by atoms with Crippen molar-refractivity contribution in [2.75, 3.05) is 39.4 Å². The number of imide groups is 1. The van der Waals surface area contributed by atoms with Gasteiger partial charge in [0.05, 0.1) is 61.1 Å². The second-order valence-corrected chi connectivity index (χ2v) is 11.1. The number of thiophene rings is 2. The number of amides is 2. The quantitative estimate of drug-likeness (QED) is 0.226. The van der Waals surface area contributed by atoms with Crippen LogP contribution in [0, 0.1) is 13.8 Å². The molecule has 0 bridgehead atoms. The van der Waals surface area contributed by atoms with Crippen LogP contribution in [0.2, 0.25) is 0 Å². The summed E-state index contributed by atoms with van der Waals surface area (Å²) >= 11 is 2.26. The van der Waals surface area contributed by atoms with Crippen molar-refractivity contribution in [2.24, 2.45) is 0 Å². The Hall–Kier alpha value is -4.16. The normalized spacial score (nSPS) is 13.1. The van der Waals surface area contributed by atoms with Gasteiger partial charge < -0.3 is 23.7 Å². The number of carbonyl (C=O) groups excluding carboxylic acids is 4. The Morgan fingerprint density at radius 2 is 1.12 bits per heavy atom. The number of aryl methyl sites for hydroxylation is 2. The van der Waals surface area contributed by atoms with Crippen molar-refractivity contribution in [3.63, 3.8) is 0 Å². The molecule has 0 fully saturated rings. The number of ether oxygens (including phenoxy) is 5. The zero-order valence-electron chi connectivity index (χ0n) is 23.7. The lowest BCUT2D eigenvalue weighted by atomic mass is 10.0. The summed E-state index contributed by atoms with van der Waals surface area (Å²) in [5.41, 5.74) is 0.684. The molecule has 0 N–H and O–H groups in total. The molecule has 0 atom stereocenters. The van der Waals surface area contributed by atoms with Crippen LogP contribution in [0.15, 0.2) is 24.3 Å². The number of hydrogen-bond donors (Lipinski definition) is 0. The van der Waals surface area contributed by atoms with Gasteiger partial charge in [-0.05, 0) is 52.0 Å². The number of hydrogen-bond acceptors (Lipinski definition) is 11. The molecule has 1 aliphatic rings. The first kappa shape index (κ1) is 29.8. The van der Waals surface area contributed by atoms with E-state index in [0.29, 0.717) is 21.2 Å². The number of esters is 2. The van der Waals surface area contributed by atoms with Crippen molar-refractivity contribution in [2.45, 2.75) is 27.7 Å². The SMILES string of the molecule is CCOC(=O)c1c(C)sc(C2=C(c3sc(C)c(C(=O)OCC)c3OC)C(=O)N(c3ccc(OC)cc3)C2=O)c1OC. The summed E-state index contributed by atoms with van der Waals surface area (Å²) in [6, 6.07) is 6.46. The number of anilines is 1. The largest absolute Gasteiger partial charge is 0.497 e. The van der Waals surface area contributed by atoms with Crippen molar-refractivity contribution in [3.8, 4) is 17.2 Å². The number of carbonyl (C=O) groups is 4. The Morgan fingerprint density at radius 3 is 1.46 bits per heavy atom. The zero-order valence-corrected chi connectivity index (χ0v) is 25.3. The molecule has 1 aromatic carbocycles. The van der Waals surface area contributed by atoms with E-state index in [9.17, 15) is 19.2 Å². The van der Waals surface area contributed by atoms with E-state index < -0.39 is 23.8 Å². The van der Waals surface area contributed by atoms with Crippen molar-refractivity contribution in [3.05, 3.63) is 54.9 Å². The molecule has 3 heterocycles. The molecule has 0 spiro atoms. The second-order valence-electron chi connectivity index (χ2n) is 8.63. The molecule has 41 heavy (non-hydrogen) atoms. The van der Waals surface area contributed by atoms with E-state index in [1.54, 1.807) is 52.0 Å². The van der Waals surface area contributed by atoms with Crippen molar-refractivity contribution in [1.29, 1.82) is 0 Å². The Bertz CT molecular complexity index is 1470. The van der Waals surface area contributed by atoms with Gasteiger partial charge in [0.2, 0.25) is 0 Å². The first-order valence-electron chi connectivity index (χ1n) is 12.6. The fraction of sp³-hybridized carbons (Fsp3) is 0.310. The highest BCUT2D eigenvalue weighted by Gasteiger charge is 2.45. The number of rotatable bonds is 10. The third-order valence-corrected chi connectivity index (χ3v) is 8.52. The third-order valence-electron chi connectivity index (χ3n) is 6.32. The van der Waals surface area contributed by atoms with Crippen molar-refractivity contribution in [1.82, 2.24) is 0 Å². The van der Waals surface area contributed by atoms with Gasteiger partial charge in [-0.1, -0.05) is 0 Å². The highest BCUT2D eigenvalue weighted by Crippen LogP contribution is 2.51. The predicted molar refractivity (Wildman–Crippen MR) is 155 cm³/mol. The summed E-state index contributed by atoms with van der Waals surface area (Å²) in [5, 5.41) is 0. The molecule has 216 valence electrons. The van der Waals surface area contributed by atoms with E-state index in [4.69, 9.17) is 23.7 Å². The van der Waals surface area contributed by atoms with Crippen LogP contribution in [0.25, 0.3) is 11.1 Å². The number of benzene rings is 1. The van der Waals surface area contributed by atoms with Crippen LogP contribution >= 0.6 is 22.7 Å². The van der Waals surface area contributed by atoms with Gasteiger partial charge in [0, 0.05) is 9.75 Å². The molecule has 0 saturated carbocycles. The Kier molecular flexibility index (Phi) is 8.83. The molecule has 0 saturated heterocycles. The minimum absolute atomic E-state index is 0.0151. The minimum Gasteiger partial charge on any atom is -0.497 e. The predicted octanol–water partition coefficient (Wildman–Crippen LogP) is 5.29. The molecule has 0 radical (unpaired) electrons. The lowest BCUT2D eigenvalue weighted by molar-refractivity contribution is -0.119. The summed E-state index contributed by atoms with van der Waals surface area (Å²) < 4.78 is 27.0. The third kappa shape index (κ3) is 5.08. The second kappa shape index (κ2) is 12.1. The fourth-order valence-corrected chi connectivity index (χ4v) is 6.87. The lowest BCUT2D eigenvalue weighted by Gasteiger charge is -2.15. The van der Waals surface area contributed by atoms with Gasteiger partial charge in [0.1, 0.15) is 16.9 Å². The van der Waals surface area contributed by atoms with E-state index >= 15 is 0 Å². The summed E-state index contributed by atoms with van der Waals surface area (Å²) in [4.78, 5) is 56.8. The van der Waals surface area contributed by atoms with Gasteiger partial charge in [-0.25, -0.2) is 14.5 Å². The van der Waals surface area contributed by atoms with Gasteiger partial charge in [-0.3, -0.25) is 9.59 Å². The van der Waals surface area contributed by atoms with Gasteiger partial charge >= 0.3 is 11.9 Å². The van der Waals surface area contributed by atoms with Gasteiger partial charge in [-0.15, -0.1) is 22.7 Å². The number of methoxy groups -OCH3 is 3. The smallest absolute Gasteiger partial charge is 0.343 e. The van der Waals surface area contributed by atoms with Crippen LogP contribution in [0.3, 0.4) is 0 Å². The maximum atomic E-state index is 14.2. The van der Waals surface area contributed by atoms with Crippen LogP contribution in [-0.2, 0) is 19.1 Å². The summed E-state index contributed by atoms with van der Waals surface area (Å²) in [5.74, 6) is -1.69. The van der Waals surface area contributed by atoms with Gasteiger partial charge in [0.15, 0.2) is 11.5 Å². The van der Waals surface area contributed by atoms with Gasteiger partial charge in [-0.2, -0.15) is 0 Å². The highest BCUT2D eigenvalue weighted by molar-refractivity contribution is 7.16. The maximum Gasteiger partial charge on any atom is 0.343 e. The fourth-order valence-electron chi connectivity index (χ4n) is 4.56. The minimum atomic E-state index is -0.629. The van der Waals surface area contributed by atoms with Crippen LogP contribution in [0.5, 0.6) is 17.2 Å². The Balaban J connectivity index is 2.03. The molecule has 10 nitrogen and oxygen atoms in total. The Labute approximate surface area is 245 Å². The molecule has 12 heteroatoms. The molecular weight excluding hydrogens is 570 g/mol. The van der Waals surface area contributed by atoms with E-state index in [-0.39, 0.29) is 56.7 Å². The average molecular weight is 600 g/mol. The monoisotopic (exact) mass is 599 g/mol. The summed E-state index contributed by atoms with van der Waals surface area (Å²) in [7, 11) is 4.27. The topological polar surface area (TPSA) is 118 Å². The van der Waals surface area contributed by atoms with Crippen LogP contribution in [-0.4, -0.2) is 58.3 Å². The molecule has 4 rings (SSSR count). The molecular formula is C29H29NO9S2. The van der Waals surface area contributed by atoms with Gasteiger partial charge in [0.25, 0.3) is 11.8 Å². The van der Waals surface area contributed by atoms with Crippen molar-refractivity contribution >= 4 is 63.3 Å². The Morgan fingerprint density at radius 1 is 0.707 bits per heavy atom. The molecule has 3 aromatic rings. The number of nitrogens with zero attached hydrogens (tertiary/aromatic N) is 1. The zero-order chi connectivity index (χ0) is 30.0. The first-order valence-corrected chi connectivity index (χ1v) is 14.2. The average Bonchev–Trinajstić information content (AvgIpc) is 3.55. The summed E-state index contributed by atoms with van der Waals surface area (Å²) in [6.45, 7) is 7.08. The van der Waals surface area contributed by atoms with Crippen LogP contribution in [0.4, 0.5) is 5.69 Å². The molecule has 1 aliphatic heterocycles. The van der Waals surface area contributed by atoms with E-state index in [1.807, 2.05) is 0 Å². The van der Waals surface area contributed by atoms with Crippen LogP contribution < -0.4 is 19.1 Å². The molecule has 0 unspecified atom stereocenters. The maximum absolute atomic E-state index is 14.2. The molecule has 0 aliphatic carbocycles. The summed E-state index contributed by atoms with van der Waals surface area (Å²) in [6.07, 6.45) is 0. The van der Waals surface area contributed by atoms with E-state index in [2.05, 4.69) is 0 Å². The highest BCUT2D eigenvalue weighted by atomic mass is 32.1. The van der Waals surface area contributed by atoms with E-state index in [1.165, 1.54) is 21.3 Å².